The van der Waals surface area contributed by atoms with Gasteiger partial charge in [-0.2, -0.15) is 0 Å². The second-order valence-corrected chi connectivity index (χ2v) is 4.20. The van der Waals surface area contributed by atoms with Crippen LogP contribution in [-0.4, -0.2) is 23.8 Å². The fourth-order valence-electron chi connectivity index (χ4n) is 2.36. The number of allylic oxidation sites excluding steroid dienone is 2. The number of carbonyl (C=O) groups excluding carboxylic acids is 1. The van der Waals surface area contributed by atoms with E-state index in [9.17, 15) is 4.79 Å². The highest BCUT2D eigenvalue weighted by molar-refractivity contribution is 5.96. The highest BCUT2D eigenvalue weighted by Crippen LogP contribution is 2.33. The number of carbonyl (C=O) groups is 1. The second-order valence-electron chi connectivity index (χ2n) is 4.20. The summed E-state index contributed by atoms with van der Waals surface area (Å²) < 4.78 is 0. The first-order chi connectivity index (χ1) is 6.20. The molecule has 0 fully saturated rings. The Hall–Kier alpha value is -0.790. The summed E-state index contributed by atoms with van der Waals surface area (Å²) in [6.45, 7) is 2.24. The Morgan fingerprint density at radius 2 is 2.08 bits per heavy atom. The van der Waals surface area contributed by atoms with Gasteiger partial charge in [-0.1, -0.05) is 0 Å². The molecular formula is C11H17NO. The Morgan fingerprint density at radius 1 is 1.31 bits per heavy atom. The lowest BCUT2D eigenvalue weighted by Gasteiger charge is -2.37. The summed E-state index contributed by atoms with van der Waals surface area (Å²) in [5.41, 5.74) is 2.46. The molecule has 0 aromatic heterocycles. The van der Waals surface area contributed by atoms with Crippen molar-refractivity contribution in [3.05, 3.63) is 11.3 Å². The summed E-state index contributed by atoms with van der Waals surface area (Å²) in [4.78, 5) is 13.9. The zero-order chi connectivity index (χ0) is 9.42. The third-order valence-corrected chi connectivity index (χ3v) is 3.40. The summed E-state index contributed by atoms with van der Waals surface area (Å²) in [7, 11) is 2.12. The Kier molecular flexibility index (Phi) is 2.14. The van der Waals surface area contributed by atoms with E-state index in [0.717, 1.165) is 37.7 Å². The van der Waals surface area contributed by atoms with Gasteiger partial charge in [-0.3, -0.25) is 4.79 Å². The number of Topliss-reactive ketones (excluding diaryl/α,β-unsaturated/α-hetero) is 1. The molecule has 1 heterocycles. The number of hydrogen-bond donors (Lipinski definition) is 0. The van der Waals surface area contributed by atoms with Gasteiger partial charge in [-0.15, -0.1) is 0 Å². The Labute approximate surface area is 79.6 Å². The second kappa shape index (κ2) is 3.17. The van der Waals surface area contributed by atoms with Crippen LogP contribution in [0.2, 0.25) is 0 Å². The third-order valence-electron chi connectivity index (χ3n) is 3.40. The Morgan fingerprint density at radius 3 is 2.85 bits per heavy atom. The minimum Gasteiger partial charge on any atom is -0.375 e. The zero-order valence-electron chi connectivity index (χ0n) is 8.47. The normalized spacial score (nSPS) is 29.2. The molecule has 0 saturated carbocycles. The van der Waals surface area contributed by atoms with Crippen molar-refractivity contribution in [3.63, 3.8) is 0 Å². The van der Waals surface area contributed by atoms with Crippen molar-refractivity contribution in [2.75, 3.05) is 7.05 Å². The molecule has 2 nitrogen and oxygen atoms in total. The van der Waals surface area contributed by atoms with Gasteiger partial charge >= 0.3 is 0 Å². The van der Waals surface area contributed by atoms with E-state index in [-0.39, 0.29) is 0 Å². The van der Waals surface area contributed by atoms with Gasteiger partial charge in [-0.05, 0) is 32.6 Å². The average molecular weight is 179 g/mol. The molecule has 1 aliphatic heterocycles. The molecule has 0 aromatic rings. The topological polar surface area (TPSA) is 20.3 Å². The molecule has 72 valence electrons. The van der Waals surface area contributed by atoms with E-state index in [2.05, 4.69) is 18.9 Å². The zero-order valence-corrected chi connectivity index (χ0v) is 8.47. The summed E-state index contributed by atoms with van der Waals surface area (Å²) in [6, 6.07) is 0.615. The van der Waals surface area contributed by atoms with Gasteiger partial charge < -0.3 is 4.90 Å². The third kappa shape index (κ3) is 1.38. The highest BCUT2D eigenvalue weighted by atomic mass is 16.1. The van der Waals surface area contributed by atoms with Crippen LogP contribution in [0.25, 0.3) is 0 Å². The standard InChI is InChI=1S/C11H17NO/c1-8-6-7-9-10(12(8)2)4-3-5-11(9)13/h8H,3-7H2,1-2H3. The van der Waals surface area contributed by atoms with Gasteiger partial charge in [0, 0.05) is 30.8 Å². The molecule has 0 N–H and O–H groups in total. The van der Waals surface area contributed by atoms with Crippen molar-refractivity contribution in [2.45, 2.75) is 45.1 Å². The number of hydrogen-bond acceptors (Lipinski definition) is 2. The maximum atomic E-state index is 11.6. The van der Waals surface area contributed by atoms with Crippen LogP contribution in [0, 0.1) is 0 Å². The van der Waals surface area contributed by atoms with Crippen molar-refractivity contribution in [1.82, 2.24) is 4.90 Å². The van der Waals surface area contributed by atoms with Crippen molar-refractivity contribution < 1.29 is 4.79 Å². The van der Waals surface area contributed by atoms with Gasteiger partial charge in [0.2, 0.25) is 0 Å². The number of rotatable bonds is 0. The predicted molar refractivity (Wildman–Crippen MR) is 52.3 cm³/mol. The Balaban J connectivity index is 2.33. The molecule has 0 spiro atoms. The first-order valence-corrected chi connectivity index (χ1v) is 5.18. The fourth-order valence-corrected chi connectivity index (χ4v) is 2.36. The Bertz CT molecular complexity index is 267. The lowest BCUT2D eigenvalue weighted by molar-refractivity contribution is -0.116. The summed E-state index contributed by atoms with van der Waals surface area (Å²) in [5, 5.41) is 0. The van der Waals surface area contributed by atoms with Crippen LogP contribution in [0.4, 0.5) is 0 Å². The molecular weight excluding hydrogens is 162 g/mol. The highest BCUT2D eigenvalue weighted by Gasteiger charge is 2.28. The molecule has 2 rings (SSSR count). The lowest BCUT2D eigenvalue weighted by atomic mass is 9.86. The minimum absolute atomic E-state index is 0.403. The van der Waals surface area contributed by atoms with E-state index in [4.69, 9.17) is 0 Å². The average Bonchev–Trinajstić information content (AvgIpc) is 2.12. The van der Waals surface area contributed by atoms with Gasteiger partial charge in [0.1, 0.15) is 0 Å². The SMILES string of the molecule is CC1CCC2=C(CCCC2=O)N1C. The summed E-state index contributed by atoms with van der Waals surface area (Å²) >= 11 is 0. The maximum Gasteiger partial charge on any atom is 0.160 e. The van der Waals surface area contributed by atoms with Crippen LogP contribution in [0.1, 0.15) is 39.0 Å². The molecule has 13 heavy (non-hydrogen) atoms. The monoisotopic (exact) mass is 179 g/mol. The van der Waals surface area contributed by atoms with Crippen molar-refractivity contribution >= 4 is 5.78 Å². The van der Waals surface area contributed by atoms with E-state index in [1.54, 1.807) is 0 Å². The minimum atomic E-state index is 0.403. The first-order valence-electron chi connectivity index (χ1n) is 5.18. The van der Waals surface area contributed by atoms with Gasteiger partial charge in [0.15, 0.2) is 5.78 Å². The quantitative estimate of drug-likeness (QED) is 0.567. The number of nitrogens with zero attached hydrogens (tertiary/aromatic N) is 1. The molecule has 0 aromatic carbocycles. The predicted octanol–water partition coefficient (Wildman–Crippen LogP) is 2.11. The summed E-state index contributed by atoms with van der Waals surface area (Å²) in [6.07, 6.45) is 5.10. The fraction of sp³-hybridized carbons (Fsp3) is 0.727. The van der Waals surface area contributed by atoms with Crippen molar-refractivity contribution in [1.29, 1.82) is 0 Å². The molecule has 0 amide bonds. The van der Waals surface area contributed by atoms with E-state index in [1.807, 2.05) is 0 Å². The molecule has 0 bridgehead atoms. The largest absolute Gasteiger partial charge is 0.375 e. The van der Waals surface area contributed by atoms with E-state index < -0.39 is 0 Å². The smallest absolute Gasteiger partial charge is 0.160 e. The molecule has 0 radical (unpaired) electrons. The number of ketones is 1. The molecule has 2 aliphatic rings. The van der Waals surface area contributed by atoms with Crippen LogP contribution in [0.5, 0.6) is 0 Å². The van der Waals surface area contributed by atoms with Crippen LogP contribution >= 0.6 is 0 Å². The van der Waals surface area contributed by atoms with Crippen LogP contribution < -0.4 is 0 Å². The first kappa shape index (κ1) is 8.79. The molecule has 0 saturated heterocycles. The van der Waals surface area contributed by atoms with Gasteiger partial charge in [-0.25, -0.2) is 0 Å². The van der Waals surface area contributed by atoms with E-state index in [1.165, 1.54) is 5.70 Å². The van der Waals surface area contributed by atoms with Gasteiger partial charge in [0.05, 0.1) is 0 Å². The maximum absolute atomic E-state index is 11.6. The molecule has 1 atom stereocenters. The lowest BCUT2D eigenvalue weighted by Crippen LogP contribution is -2.36. The molecule has 2 heteroatoms. The van der Waals surface area contributed by atoms with Crippen LogP contribution in [0.15, 0.2) is 11.3 Å². The van der Waals surface area contributed by atoms with E-state index >= 15 is 0 Å². The van der Waals surface area contributed by atoms with Crippen LogP contribution in [-0.2, 0) is 4.79 Å². The summed E-state index contributed by atoms with van der Waals surface area (Å²) in [5.74, 6) is 0.403. The van der Waals surface area contributed by atoms with Crippen molar-refractivity contribution in [2.24, 2.45) is 0 Å². The van der Waals surface area contributed by atoms with E-state index in [0.29, 0.717) is 11.8 Å². The molecule has 1 aliphatic carbocycles. The molecule has 1 unspecified atom stereocenters. The van der Waals surface area contributed by atoms with Crippen molar-refractivity contribution in [3.8, 4) is 0 Å². The van der Waals surface area contributed by atoms with Crippen LogP contribution in [0.3, 0.4) is 0 Å². The van der Waals surface area contributed by atoms with Gasteiger partial charge in [0.25, 0.3) is 0 Å².